The Hall–Kier alpha value is -1.63. The molecule has 1 amide bonds. The van der Waals surface area contributed by atoms with Gasteiger partial charge in [-0.25, -0.2) is 4.79 Å². The average molecular weight is 336 g/mol. The van der Waals surface area contributed by atoms with E-state index in [1.165, 1.54) is 0 Å². The molecule has 1 aromatic rings. The van der Waals surface area contributed by atoms with Gasteiger partial charge < -0.3 is 24.8 Å². The maximum absolute atomic E-state index is 11.8. The third-order valence-electron chi connectivity index (χ3n) is 3.95. The van der Waals surface area contributed by atoms with Gasteiger partial charge in [-0.2, -0.15) is 0 Å². The summed E-state index contributed by atoms with van der Waals surface area (Å²) in [5.74, 6) is 0. The Balaban J connectivity index is 1.56. The molecule has 1 aliphatic rings. The maximum Gasteiger partial charge on any atom is 0.407 e. The van der Waals surface area contributed by atoms with E-state index in [4.69, 9.17) is 14.2 Å². The first-order chi connectivity index (χ1) is 11.7. The SMILES string of the molecule is CCOC(CNC1CC(NC(=O)OCc2ccccc2)C1)OCC. The number of rotatable bonds is 10. The number of hydrogen-bond acceptors (Lipinski definition) is 5. The molecule has 24 heavy (non-hydrogen) atoms. The molecule has 0 bridgehead atoms. The summed E-state index contributed by atoms with van der Waals surface area (Å²) in [6, 6.07) is 10.2. The van der Waals surface area contributed by atoms with Crippen LogP contribution in [0.25, 0.3) is 0 Å². The predicted molar refractivity (Wildman–Crippen MR) is 91.6 cm³/mol. The number of benzene rings is 1. The lowest BCUT2D eigenvalue weighted by molar-refractivity contribution is -0.134. The van der Waals surface area contributed by atoms with Crippen molar-refractivity contribution in [3.8, 4) is 0 Å². The molecule has 134 valence electrons. The lowest BCUT2D eigenvalue weighted by Gasteiger charge is -2.36. The molecule has 1 saturated carbocycles. The van der Waals surface area contributed by atoms with Crippen molar-refractivity contribution in [2.75, 3.05) is 19.8 Å². The number of nitrogens with one attached hydrogen (secondary N) is 2. The molecule has 0 spiro atoms. The fourth-order valence-electron chi connectivity index (χ4n) is 2.63. The molecule has 0 saturated heterocycles. The molecule has 0 aliphatic heterocycles. The molecule has 2 rings (SSSR count). The summed E-state index contributed by atoms with van der Waals surface area (Å²) in [5.41, 5.74) is 0.985. The van der Waals surface area contributed by atoms with Crippen molar-refractivity contribution in [2.24, 2.45) is 0 Å². The molecule has 1 aromatic carbocycles. The van der Waals surface area contributed by atoms with E-state index >= 15 is 0 Å². The van der Waals surface area contributed by atoms with Crippen LogP contribution in [-0.4, -0.2) is 44.2 Å². The topological polar surface area (TPSA) is 68.8 Å². The lowest BCUT2D eigenvalue weighted by atomic mass is 9.87. The van der Waals surface area contributed by atoms with Crippen molar-refractivity contribution in [3.63, 3.8) is 0 Å². The van der Waals surface area contributed by atoms with Crippen molar-refractivity contribution in [3.05, 3.63) is 35.9 Å². The molecule has 2 N–H and O–H groups in total. The van der Waals surface area contributed by atoms with Gasteiger partial charge in [-0.3, -0.25) is 0 Å². The fourth-order valence-corrected chi connectivity index (χ4v) is 2.63. The maximum atomic E-state index is 11.8. The molecule has 0 heterocycles. The summed E-state index contributed by atoms with van der Waals surface area (Å²) in [5, 5.41) is 6.30. The van der Waals surface area contributed by atoms with Crippen LogP contribution in [0.3, 0.4) is 0 Å². The number of ether oxygens (including phenoxy) is 3. The molecule has 6 nitrogen and oxygen atoms in total. The molecule has 1 fully saturated rings. The third kappa shape index (κ3) is 6.47. The van der Waals surface area contributed by atoms with E-state index in [0.29, 0.717) is 32.4 Å². The van der Waals surface area contributed by atoms with Crippen molar-refractivity contribution in [2.45, 2.75) is 51.7 Å². The van der Waals surface area contributed by atoms with Crippen LogP contribution in [0.5, 0.6) is 0 Å². The van der Waals surface area contributed by atoms with Gasteiger partial charge in [0.15, 0.2) is 6.29 Å². The number of carbonyl (C=O) groups is 1. The minimum atomic E-state index is -0.358. The standard InChI is InChI=1S/C18H28N2O4/c1-3-22-17(23-4-2)12-19-15-10-16(11-15)20-18(21)24-13-14-8-6-5-7-9-14/h5-9,15-17,19H,3-4,10-13H2,1-2H3,(H,20,21). The largest absolute Gasteiger partial charge is 0.445 e. The van der Waals surface area contributed by atoms with E-state index in [-0.39, 0.29) is 18.4 Å². The normalized spacial score (nSPS) is 19.8. The van der Waals surface area contributed by atoms with E-state index in [2.05, 4.69) is 10.6 Å². The molecular weight excluding hydrogens is 308 g/mol. The van der Waals surface area contributed by atoms with E-state index in [9.17, 15) is 4.79 Å². The second-order valence-corrected chi connectivity index (χ2v) is 5.82. The zero-order chi connectivity index (χ0) is 17.2. The second kappa shape index (κ2) is 10.3. The van der Waals surface area contributed by atoms with Crippen LogP contribution in [0.1, 0.15) is 32.3 Å². The van der Waals surface area contributed by atoms with Gasteiger partial charge in [0.1, 0.15) is 6.61 Å². The minimum absolute atomic E-state index is 0.170. The van der Waals surface area contributed by atoms with Gasteiger partial charge in [-0.05, 0) is 32.3 Å². The number of hydrogen-bond donors (Lipinski definition) is 2. The highest BCUT2D eigenvalue weighted by Crippen LogP contribution is 2.20. The first-order valence-corrected chi connectivity index (χ1v) is 8.65. The minimum Gasteiger partial charge on any atom is -0.445 e. The molecule has 0 radical (unpaired) electrons. The Labute approximate surface area is 143 Å². The zero-order valence-corrected chi connectivity index (χ0v) is 14.5. The molecule has 0 aromatic heterocycles. The Morgan fingerprint density at radius 3 is 2.42 bits per heavy atom. The Bertz CT molecular complexity index is 471. The first kappa shape index (κ1) is 18.7. The zero-order valence-electron chi connectivity index (χ0n) is 14.5. The van der Waals surface area contributed by atoms with Gasteiger partial charge in [0.25, 0.3) is 0 Å². The highest BCUT2D eigenvalue weighted by atomic mass is 16.7. The first-order valence-electron chi connectivity index (χ1n) is 8.65. The van der Waals surface area contributed by atoms with Crippen LogP contribution >= 0.6 is 0 Å². The van der Waals surface area contributed by atoms with E-state index in [0.717, 1.165) is 18.4 Å². The van der Waals surface area contributed by atoms with Gasteiger partial charge in [0, 0.05) is 31.8 Å². The van der Waals surface area contributed by atoms with Gasteiger partial charge in [-0.15, -0.1) is 0 Å². The summed E-state index contributed by atoms with van der Waals surface area (Å²) in [6.07, 6.45) is 1.23. The summed E-state index contributed by atoms with van der Waals surface area (Å²) in [4.78, 5) is 11.8. The van der Waals surface area contributed by atoms with Crippen LogP contribution in [0, 0.1) is 0 Å². The van der Waals surface area contributed by atoms with Crippen LogP contribution in [-0.2, 0) is 20.8 Å². The van der Waals surface area contributed by atoms with E-state index in [1.54, 1.807) is 0 Å². The molecular formula is C18H28N2O4. The average Bonchev–Trinajstić information content (AvgIpc) is 2.56. The quantitative estimate of drug-likeness (QED) is 0.642. The smallest absolute Gasteiger partial charge is 0.407 e. The van der Waals surface area contributed by atoms with Gasteiger partial charge in [-0.1, -0.05) is 30.3 Å². The predicted octanol–water partition coefficient (Wildman–Crippen LogP) is 2.43. The number of carbonyl (C=O) groups excluding carboxylic acids is 1. The summed E-state index contributed by atoms with van der Waals surface area (Å²) < 4.78 is 16.2. The number of amides is 1. The molecule has 1 aliphatic carbocycles. The summed E-state index contributed by atoms with van der Waals surface area (Å²) in [7, 11) is 0. The summed E-state index contributed by atoms with van der Waals surface area (Å²) in [6.45, 7) is 6.14. The Kier molecular flexibility index (Phi) is 8.01. The molecule has 0 unspecified atom stereocenters. The fraction of sp³-hybridized carbons (Fsp3) is 0.611. The van der Waals surface area contributed by atoms with E-state index < -0.39 is 0 Å². The van der Waals surface area contributed by atoms with Crippen LogP contribution < -0.4 is 10.6 Å². The highest BCUT2D eigenvalue weighted by Gasteiger charge is 2.30. The molecule has 6 heteroatoms. The van der Waals surface area contributed by atoms with Gasteiger partial charge in [0.2, 0.25) is 0 Å². The van der Waals surface area contributed by atoms with Crippen molar-refractivity contribution < 1.29 is 19.0 Å². The Morgan fingerprint density at radius 2 is 1.79 bits per heavy atom. The highest BCUT2D eigenvalue weighted by molar-refractivity contribution is 5.67. The lowest BCUT2D eigenvalue weighted by Crippen LogP contribution is -2.53. The second-order valence-electron chi connectivity index (χ2n) is 5.82. The van der Waals surface area contributed by atoms with Gasteiger partial charge in [0.05, 0.1) is 0 Å². The van der Waals surface area contributed by atoms with Crippen LogP contribution in [0.4, 0.5) is 4.79 Å². The monoisotopic (exact) mass is 336 g/mol. The van der Waals surface area contributed by atoms with Crippen molar-refractivity contribution in [1.29, 1.82) is 0 Å². The molecule has 0 atom stereocenters. The number of alkyl carbamates (subject to hydrolysis) is 1. The van der Waals surface area contributed by atoms with E-state index in [1.807, 2.05) is 44.2 Å². The van der Waals surface area contributed by atoms with Crippen LogP contribution in [0.2, 0.25) is 0 Å². The third-order valence-corrected chi connectivity index (χ3v) is 3.95. The van der Waals surface area contributed by atoms with Crippen LogP contribution in [0.15, 0.2) is 30.3 Å². The van der Waals surface area contributed by atoms with Crippen molar-refractivity contribution >= 4 is 6.09 Å². The van der Waals surface area contributed by atoms with Gasteiger partial charge >= 0.3 is 6.09 Å². The summed E-state index contributed by atoms with van der Waals surface area (Å²) >= 11 is 0. The van der Waals surface area contributed by atoms with Crippen molar-refractivity contribution in [1.82, 2.24) is 10.6 Å². The Morgan fingerprint density at radius 1 is 1.12 bits per heavy atom.